The van der Waals surface area contributed by atoms with E-state index in [9.17, 15) is 0 Å². The van der Waals surface area contributed by atoms with Crippen LogP contribution in [0.15, 0.2) is 155 Å². The van der Waals surface area contributed by atoms with E-state index < -0.39 is 0 Å². The summed E-state index contributed by atoms with van der Waals surface area (Å²) < 4.78 is 12.8. The van der Waals surface area contributed by atoms with Gasteiger partial charge in [-0.05, 0) is 40.6 Å². The molecule has 10 rings (SSSR count). The second kappa shape index (κ2) is 10.4. The fourth-order valence-electron chi connectivity index (χ4n) is 6.79. The van der Waals surface area contributed by atoms with E-state index in [1.807, 2.05) is 72.8 Å². The highest BCUT2D eigenvalue weighted by Crippen LogP contribution is 2.41. The molecule has 0 aliphatic carbocycles. The second-order valence-electron chi connectivity index (χ2n) is 11.8. The molecule has 0 amide bonds. The topological polar surface area (TPSA) is 77.8 Å². The Morgan fingerprint density at radius 2 is 1.10 bits per heavy atom. The summed E-state index contributed by atoms with van der Waals surface area (Å²) in [7, 11) is 0. The zero-order valence-electron chi connectivity index (χ0n) is 25.5. The molecule has 0 saturated heterocycles. The number of para-hydroxylation sites is 2. The molecule has 0 bridgehead atoms. The lowest BCUT2D eigenvalue weighted by atomic mass is 9.98. The van der Waals surface area contributed by atoms with Crippen molar-refractivity contribution in [2.24, 2.45) is 0 Å². The molecule has 0 N–H and O–H groups in total. The summed E-state index contributed by atoms with van der Waals surface area (Å²) in [6.45, 7) is 0. The number of rotatable bonds is 4. The van der Waals surface area contributed by atoms with E-state index >= 15 is 0 Å². The Hall–Kier alpha value is -6.66. The van der Waals surface area contributed by atoms with Gasteiger partial charge in [-0.2, -0.15) is 0 Å². The molecular weight excluding hydrogens is 592 g/mol. The third-order valence-corrected chi connectivity index (χ3v) is 9.01. The fraction of sp³-hybridized carbons (Fsp3) is 0. The van der Waals surface area contributed by atoms with Crippen molar-refractivity contribution in [1.29, 1.82) is 0 Å². The van der Waals surface area contributed by atoms with Gasteiger partial charge >= 0.3 is 0 Å². The van der Waals surface area contributed by atoms with Crippen molar-refractivity contribution in [2.45, 2.75) is 0 Å². The van der Waals surface area contributed by atoms with Crippen molar-refractivity contribution in [3.05, 3.63) is 146 Å². The highest BCUT2D eigenvalue weighted by molar-refractivity contribution is 6.15. The maximum absolute atomic E-state index is 6.54. The SMILES string of the molecule is c1ccc(-c2nc(-c3cccc4oc5ccccc5c34)nc(-c3ccnc4oc5c(-c6ccc7ccccc7c6)cccc5c34)n2)cc1. The van der Waals surface area contributed by atoms with Crippen LogP contribution in [0.5, 0.6) is 0 Å². The minimum absolute atomic E-state index is 0.530. The van der Waals surface area contributed by atoms with Gasteiger partial charge in [0.15, 0.2) is 17.5 Å². The third kappa shape index (κ3) is 4.13. The molecule has 6 nitrogen and oxygen atoms in total. The number of nitrogens with zero attached hydrogens (tertiary/aromatic N) is 4. The van der Waals surface area contributed by atoms with Crippen LogP contribution in [0.1, 0.15) is 0 Å². The molecule has 4 heterocycles. The first-order valence-electron chi connectivity index (χ1n) is 15.8. The fourth-order valence-corrected chi connectivity index (χ4v) is 6.79. The van der Waals surface area contributed by atoms with Crippen LogP contribution in [0.4, 0.5) is 0 Å². The first-order chi connectivity index (χ1) is 23.8. The van der Waals surface area contributed by atoms with Gasteiger partial charge in [0, 0.05) is 44.6 Å². The second-order valence-corrected chi connectivity index (χ2v) is 11.8. The Balaban J connectivity index is 1.23. The van der Waals surface area contributed by atoms with Crippen LogP contribution in [0, 0.1) is 0 Å². The van der Waals surface area contributed by atoms with E-state index in [1.165, 1.54) is 10.8 Å². The molecule has 0 aliphatic heterocycles. The molecule has 0 radical (unpaired) electrons. The van der Waals surface area contributed by atoms with Crippen molar-refractivity contribution >= 4 is 54.8 Å². The molecular formula is C42H24N4O2. The molecule has 48 heavy (non-hydrogen) atoms. The van der Waals surface area contributed by atoms with Gasteiger partial charge in [-0.3, -0.25) is 0 Å². The number of aromatic nitrogens is 4. The van der Waals surface area contributed by atoms with E-state index in [2.05, 4.69) is 71.7 Å². The summed E-state index contributed by atoms with van der Waals surface area (Å²) in [6.07, 6.45) is 1.76. The summed E-state index contributed by atoms with van der Waals surface area (Å²) in [4.78, 5) is 19.9. The lowest BCUT2D eigenvalue weighted by molar-refractivity contribution is 0.655. The van der Waals surface area contributed by atoms with Crippen molar-refractivity contribution < 1.29 is 8.83 Å². The predicted octanol–water partition coefficient (Wildman–Crippen LogP) is 10.9. The van der Waals surface area contributed by atoms with Gasteiger partial charge in [-0.15, -0.1) is 0 Å². The maximum atomic E-state index is 6.54. The van der Waals surface area contributed by atoms with Gasteiger partial charge in [-0.1, -0.05) is 115 Å². The van der Waals surface area contributed by atoms with Crippen molar-refractivity contribution in [1.82, 2.24) is 19.9 Å². The van der Waals surface area contributed by atoms with Crippen molar-refractivity contribution in [2.75, 3.05) is 0 Å². The van der Waals surface area contributed by atoms with Crippen LogP contribution < -0.4 is 0 Å². The maximum Gasteiger partial charge on any atom is 0.228 e. The predicted molar refractivity (Wildman–Crippen MR) is 191 cm³/mol. The van der Waals surface area contributed by atoms with Crippen LogP contribution in [0.2, 0.25) is 0 Å². The minimum atomic E-state index is 0.530. The molecule has 0 atom stereocenters. The molecule has 6 aromatic carbocycles. The lowest BCUT2D eigenvalue weighted by Gasteiger charge is -2.10. The molecule has 0 spiro atoms. The summed E-state index contributed by atoms with van der Waals surface area (Å²) in [5.41, 5.74) is 7.57. The van der Waals surface area contributed by atoms with Gasteiger partial charge in [0.25, 0.3) is 0 Å². The van der Waals surface area contributed by atoms with Crippen molar-refractivity contribution in [3.8, 4) is 45.3 Å². The zero-order valence-corrected chi connectivity index (χ0v) is 25.5. The average Bonchev–Trinajstić information content (AvgIpc) is 3.73. The standard InChI is InChI=1S/C42H24N4O2/c1-2-11-26(12-3-1)39-44-40(32-17-9-19-35-36(32)30-14-6-7-18-34(30)47-35)46-41(45-39)33-22-23-43-42-37(33)31-16-8-15-29(38(31)48-42)28-21-20-25-10-4-5-13-27(25)24-28/h1-24H. The van der Waals surface area contributed by atoms with E-state index in [0.29, 0.717) is 23.2 Å². The largest absolute Gasteiger partial charge is 0.456 e. The molecule has 6 heteroatoms. The van der Waals surface area contributed by atoms with E-state index in [1.54, 1.807) is 6.20 Å². The van der Waals surface area contributed by atoms with Gasteiger partial charge in [-0.25, -0.2) is 19.9 Å². The number of hydrogen-bond donors (Lipinski definition) is 0. The minimum Gasteiger partial charge on any atom is -0.456 e. The molecule has 224 valence electrons. The van der Waals surface area contributed by atoms with E-state index in [0.717, 1.165) is 66.1 Å². The Morgan fingerprint density at radius 3 is 2.00 bits per heavy atom. The number of furan rings is 2. The molecule has 10 aromatic rings. The highest BCUT2D eigenvalue weighted by atomic mass is 16.3. The van der Waals surface area contributed by atoms with Crippen LogP contribution in [-0.2, 0) is 0 Å². The van der Waals surface area contributed by atoms with E-state index in [-0.39, 0.29) is 0 Å². The lowest BCUT2D eigenvalue weighted by Crippen LogP contribution is -2.00. The average molecular weight is 617 g/mol. The Bertz CT molecular complexity index is 2850. The molecule has 0 saturated carbocycles. The van der Waals surface area contributed by atoms with Crippen LogP contribution in [-0.4, -0.2) is 19.9 Å². The zero-order chi connectivity index (χ0) is 31.6. The monoisotopic (exact) mass is 616 g/mol. The van der Waals surface area contributed by atoms with Gasteiger partial charge in [0.1, 0.15) is 16.7 Å². The van der Waals surface area contributed by atoms with Gasteiger partial charge in [0.05, 0.1) is 5.39 Å². The van der Waals surface area contributed by atoms with Crippen LogP contribution in [0.3, 0.4) is 0 Å². The Labute approximate surface area is 274 Å². The summed E-state index contributed by atoms with van der Waals surface area (Å²) in [5, 5.41) is 6.16. The molecule has 0 fully saturated rings. The van der Waals surface area contributed by atoms with Crippen LogP contribution in [0.25, 0.3) is 100 Å². The number of fused-ring (bicyclic) bond motifs is 7. The molecule has 4 aromatic heterocycles. The quantitative estimate of drug-likeness (QED) is 0.196. The van der Waals surface area contributed by atoms with E-state index in [4.69, 9.17) is 23.8 Å². The van der Waals surface area contributed by atoms with Crippen LogP contribution >= 0.6 is 0 Å². The van der Waals surface area contributed by atoms with Gasteiger partial charge < -0.3 is 8.83 Å². The summed E-state index contributed by atoms with van der Waals surface area (Å²) in [5.74, 6) is 1.68. The third-order valence-electron chi connectivity index (χ3n) is 9.01. The normalized spacial score (nSPS) is 11.8. The Morgan fingerprint density at radius 1 is 0.417 bits per heavy atom. The Kier molecular flexibility index (Phi) is 5.77. The summed E-state index contributed by atoms with van der Waals surface area (Å²) >= 11 is 0. The number of pyridine rings is 1. The van der Waals surface area contributed by atoms with Gasteiger partial charge in [0.2, 0.25) is 5.71 Å². The number of benzene rings is 6. The molecule has 0 unspecified atom stereocenters. The number of hydrogen-bond acceptors (Lipinski definition) is 6. The first-order valence-corrected chi connectivity index (χ1v) is 15.8. The summed E-state index contributed by atoms with van der Waals surface area (Å²) in [6, 6.07) is 47.1. The highest BCUT2D eigenvalue weighted by Gasteiger charge is 2.21. The first kappa shape index (κ1) is 26.5. The van der Waals surface area contributed by atoms with Crippen molar-refractivity contribution in [3.63, 3.8) is 0 Å². The smallest absolute Gasteiger partial charge is 0.228 e. The molecule has 0 aliphatic rings.